The van der Waals surface area contributed by atoms with Crippen molar-refractivity contribution in [2.24, 2.45) is 22.2 Å². The SMILES string of the molecule is CC12CC3CC(C)(C1)CC(C(=O)NCCCS(=O)(=O)Cc1ccccc1)(C3)C2. The van der Waals surface area contributed by atoms with Crippen molar-refractivity contribution >= 4 is 15.7 Å². The van der Waals surface area contributed by atoms with Crippen LogP contribution in [0.5, 0.6) is 0 Å². The maximum atomic E-state index is 13.1. The van der Waals surface area contributed by atoms with Crippen molar-refractivity contribution in [3.63, 3.8) is 0 Å². The third kappa shape index (κ3) is 4.00. The van der Waals surface area contributed by atoms with Gasteiger partial charge in [0, 0.05) is 6.54 Å². The van der Waals surface area contributed by atoms with Crippen LogP contribution in [0.1, 0.15) is 64.4 Å². The summed E-state index contributed by atoms with van der Waals surface area (Å²) in [6.07, 6.45) is 7.31. The highest BCUT2D eigenvalue weighted by molar-refractivity contribution is 7.90. The Bertz CT molecular complexity index is 830. The first-order valence-electron chi connectivity index (χ1n) is 10.6. The molecule has 0 aromatic heterocycles. The quantitative estimate of drug-likeness (QED) is 0.697. The molecule has 154 valence electrons. The van der Waals surface area contributed by atoms with Gasteiger partial charge in [0.15, 0.2) is 9.84 Å². The number of amides is 1. The molecule has 0 saturated heterocycles. The number of carbonyl (C=O) groups excluding carboxylic acids is 1. The van der Waals surface area contributed by atoms with Crippen LogP contribution in [0.2, 0.25) is 0 Å². The van der Waals surface area contributed by atoms with E-state index in [1.165, 1.54) is 19.3 Å². The van der Waals surface area contributed by atoms with Crippen LogP contribution < -0.4 is 5.32 Å². The number of carbonyl (C=O) groups is 1. The van der Waals surface area contributed by atoms with E-state index in [1.54, 1.807) is 0 Å². The van der Waals surface area contributed by atoms with E-state index in [0.29, 0.717) is 29.7 Å². The summed E-state index contributed by atoms with van der Waals surface area (Å²) >= 11 is 0. The summed E-state index contributed by atoms with van der Waals surface area (Å²) in [7, 11) is -3.15. The van der Waals surface area contributed by atoms with Crippen molar-refractivity contribution < 1.29 is 13.2 Å². The van der Waals surface area contributed by atoms with E-state index in [9.17, 15) is 13.2 Å². The van der Waals surface area contributed by atoms with Gasteiger partial charge in [0.05, 0.1) is 16.9 Å². The lowest BCUT2D eigenvalue weighted by Gasteiger charge is -2.64. The van der Waals surface area contributed by atoms with Crippen molar-refractivity contribution in [3.8, 4) is 0 Å². The van der Waals surface area contributed by atoms with Crippen LogP contribution in [0.15, 0.2) is 30.3 Å². The van der Waals surface area contributed by atoms with E-state index >= 15 is 0 Å². The fourth-order valence-corrected chi connectivity index (χ4v) is 8.71. The summed E-state index contributed by atoms with van der Waals surface area (Å²) < 4.78 is 24.7. The Morgan fingerprint density at radius 3 is 2.29 bits per heavy atom. The highest BCUT2D eigenvalue weighted by atomic mass is 32.2. The first-order chi connectivity index (χ1) is 13.1. The molecule has 4 aliphatic rings. The molecule has 5 rings (SSSR count). The van der Waals surface area contributed by atoms with Crippen LogP contribution in [0.4, 0.5) is 0 Å². The molecule has 28 heavy (non-hydrogen) atoms. The van der Waals surface area contributed by atoms with Crippen LogP contribution in [0, 0.1) is 22.2 Å². The Hall–Kier alpha value is -1.36. The summed E-state index contributed by atoms with van der Waals surface area (Å²) in [6, 6.07) is 9.28. The highest BCUT2D eigenvalue weighted by Gasteiger charge is 2.62. The van der Waals surface area contributed by atoms with E-state index < -0.39 is 9.84 Å². The minimum Gasteiger partial charge on any atom is -0.356 e. The molecular formula is C23H33NO3S. The lowest BCUT2D eigenvalue weighted by molar-refractivity contribution is -0.170. The molecule has 0 heterocycles. The molecule has 2 atom stereocenters. The number of benzene rings is 1. The molecule has 4 bridgehead atoms. The Balaban J connectivity index is 1.30. The van der Waals surface area contributed by atoms with E-state index in [1.807, 2.05) is 30.3 Å². The second kappa shape index (κ2) is 6.86. The van der Waals surface area contributed by atoms with Crippen molar-refractivity contribution in [1.29, 1.82) is 0 Å². The lowest BCUT2D eigenvalue weighted by Crippen LogP contribution is -2.59. The topological polar surface area (TPSA) is 63.2 Å². The molecule has 1 amide bonds. The molecule has 4 saturated carbocycles. The van der Waals surface area contributed by atoms with Crippen molar-refractivity contribution in [2.75, 3.05) is 12.3 Å². The van der Waals surface area contributed by atoms with Crippen LogP contribution in [-0.2, 0) is 20.4 Å². The predicted molar refractivity (Wildman–Crippen MR) is 111 cm³/mol. The monoisotopic (exact) mass is 403 g/mol. The molecule has 4 nitrogen and oxygen atoms in total. The summed E-state index contributed by atoms with van der Waals surface area (Å²) in [6.45, 7) is 5.19. The summed E-state index contributed by atoms with van der Waals surface area (Å²) in [5.74, 6) is 1.05. The molecule has 1 aromatic carbocycles. The maximum absolute atomic E-state index is 13.1. The molecular weight excluding hydrogens is 370 g/mol. The maximum Gasteiger partial charge on any atom is 0.226 e. The van der Waals surface area contributed by atoms with Gasteiger partial charge in [0.1, 0.15) is 0 Å². The standard InChI is InChI=1S/C23H33NO3S/c1-21-11-19-12-22(2,15-21)17-23(13-19,16-21)20(25)24-9-6-10-28(26,27)14-18-7-4-3-5-8-18/h3-5,7-8,19H,6,9-17H2,1-2H3,(H,24,25). The van der Waals surface area contributed by atoms with Gasteiger partial charge in [-0.3, -0.25) is 4.79 Å². The molecule has 0 radical (unpaired) electrons. The third-order valence-electron chi connectivity index (χ3n) is 7.25. The molecule has 5 heteroatoms. The van der Waals surface area contributed by atoms with Gasteiger partial charge >= 0.3 is 0 Å². The van der Waals surface area contributed by atoms with Gasteiger partial charge < -0.3 is 5.32 Å². The zero-order valence-electron chi connectivity index (χ0n) is 17.2. The normalized spacial score (nSPS) is 36.4. The van der Waals surface area contributed by atoms with Crippen molar-refractivity contribution in [1.82, 2.24) is 5.32 Å². The second-order valence-corrected chi connectivity index (χ2v) is 12.8. The van der Waals surface area contributed by atoms with Crippen LogP contribution >= 0.6 is 0 Å². The highest BCUT2D eigenvalue weighted by Crippen LogP contribution is 2.69. The third-order valence-corrected chi connectivity index (χ3v) is 8.94. The summed E-state index contributed by atoms with van der Waals surface area (Å²) in [4.78, 5) is 13.1. The first kappa shape index (κ1) is 19.9. The van der Waals surface area contributed by atoms with Crippen molar-refractivity contribution in [2.45, 2.75) is 64.5 Å². The van der Waals surface area contributed by atoms with E-state index in [0.717, 1.165) is 24.8 Å². The number of hydrogen-bond donors (Lipinski definition) is 1. The lowest BCUT2D eigenvalue weighted by atomic mass is 9.40. The van der Waals surface area contributed by atoms with Gasteiger partial charge in [-0.2, -0.15) is 0 Å². The Morgan fingerprint density at radius 1 is 1.04 bits per heavy atom. The van der Waals surface area contributed by atoms with Crippen LogP contribution in [-0.4, -0.2) is 26.6 Å². The van der Waals surface area contributed by atoms with E-state index in [-0.39, 0.29) is 22.8 Å². The second-order valence-electron chi connectivity index (χ2n) is 10.6. The molecule has 4 fully saturated rings. The molecule has 2 unspecified atom stereocenters. The number of hydrogen-bond acceptors (Lipinski definition) is 3. The van der Waals surface area contributed by atoms with Crippen molar-refractivity contribution in [3.05, 3.63) is 35.9 Å². The fraction of sp³-hybridized carbons (Fsp3) is 0.696. The number of nitrogens with one attached hydrogen (secondary N) is 1. The van der Waals surface area contributed by atoms with E-state index in [2.05, 4.69) is 19.2 Å². The largest absolute Gasteiger partial charge is 0.356 e. The van der Waals surface area contributed by atoms with Crippen LogP contribution in [0.3, 0.4) is 0 Å². The Morgan fingerprint density at radius 2 is 1.68 bits per heavy atom. The minimum absolute atomic E-state index is 0.0735. The average Bonchev–Trinajstić information content (AvgIpc) is 2.56. The number of sulfone groups is 1. The minimum atomic E-state index is -3.15. The molecule has 1 N–H and O–H groups in total. The molecule has 4 aliphatic carbocycles. The molecule has 0 spiro atoms. The Kier molecular flexibility index (Phi) is 4.88. The van der Waals surface area contributed by atoms with E-state index in [4.69, 9.17) is 0 Å². The average molecular weight is 404 g/mol. The fourth-order valence-electron chi connectivity index (χ4n) is 7.28. The summed E-state index contributed by atoms with van der Waals surface area (Å²) in [5, 5.41) is 3.11. The zero-order chi connectivity index (χ0) is 20.0. The predicted octanol–water partition coefficient (Wildman–Crippen LogP) is 4.10. The van der Waals surface area contributed by atoms with Gasteiger partial charge in [-0.1, -0.05) is 44.2 Å². The van der Waals surface area contributed by atoms with Gasteiger partial charge in [-0.25, -0.2) is 8.42 Å². The first-order valence-corrected chi connectivity index (χ1v) is 12.5. The van der Waals surface area contributed by atoms with Crippen LogP contribution in [0.25, 0.3) is 0 Å². The van der Waals surface area contributed by atoms with Gasteiger partial charge in [-0.05, 0) is 67.3 Å². The molecule has 0 aliphatic heterocycles. The zero-order valence-corrected chi connectivity index (χ0v) is 18.0. The summed E-state index contributed by atoms with van der Waals surface area (Å²) in [5.41, 5.74) is 1.22. The Labute approximate surface area is 169 Å². The molecule has 1 aromatic rings. The smallest absolute Gasteiger partial charge is 0.226 e. The van der Waals surface area contributed by atoms with Gasteiger partial charge in [0.2, 0.25) is 5.91 Å². The van der Waals surface area contributed by atoms with Gasteiger partial charge in [-0.15, -0.1) is 0 Å². The number of rotatable bonds is 7. The van der Waals surface area contributed by atoms with Gasteiger partial charge in [0.25, 0.3) is 0 Å².